The Morgan fingerprint density at radius 2 is 1.81 bits per heavy atom. The average Bonchev–Trinajstić information content (AvgIpc) is 3.08. The highest BCUT2D eigenvalue weighted by Gasteiger charge is 2.18. The van der Waals surface area contributed by atoms with Crippen LogP contribution in [0.4, 0.5) is 17.5 Å². The van der Waals surface area contributed by atoms with Gasteiger partial charge in [0.2, 0.25) is 11.6 Å². The number of fused-ring (bicyclic) bond motifs is 1. The van der Waals surface area contributed by atoms with Crippen LogP contribution in [0.15, 0.2) is 67.0 Å². The van der Waals surface area contributed by atoms with Crippen molar-refractivity contribution in [2.24, 2.45) is 0 Å². The normalized spacial score (nSPS) is 10.8. The first kappa shape index (κ1) is 15.9. The van der Waals surface area contributed by atoms with E-state index in [0.29, 0.717) is 24.0 Å². The Kier molecular flexibility index (Phi) is 4.10. The van der Waals surface area contributed by atoms with Crippen LogP contribution in [-0.2, 0) is 6.54 Å². The maximum Gasteiger partial charge on any atom is 0.226 e. The fourth-order valence-corrected chi connectivity index (χ4v) is 2.84. The molecule has 0 radical (unpaired) electrons. The molecule has 2 aromatic carbocycles. The molecule has 0 aliphatic carbocycles. The lowest BCUT2D eigenvalue weighted by molar-refractivity contribution is 0.415. The number of hydrogen-bond acceptors (Lipinski definition) is 6. The minimum atomic E-state index is 0.332. The van der Waals surface area contributed by atoms with Crippen molar-refractivity contribution >= 4 is 23.1 Å². The van der Waals surface area contributed by atoms with Gasteiger partial charge in [-0.1, -0.05) is 30.3 Å². The summed E-state index contributed by atoms with van der Waals surface area (Å²) in [6.07, 6.45) is 3.45. The number of nitrogens with two attached hydrogens (primary N) is 1. The van der Waals surface area contributed by atoms with Gasteiger partial charge in [-0.3, -0.25) is 4.40 Å². The van der Waals surface area contributed by atoms with Gasteiger partial charge < -0.3 is 15.4 Å². The molecule has 130 valence electrons. The van der Waals surface area contributed by atoms with Crippen molar-refractivity contribution in [3.63, 3.8) is 0 Å². The topological polar surface area (TPSA) is 81.6 Å². The summed E-state index contributed by atoms with van der Waals surface area (Å²) >= 11 is 0. The zero-order chi connectivity index (χ0) is 17.9. The highest BCUT2D eigenvalue weighted by atomic mass is 16.5. The maximum atomic E-state index is 5.90. The van der Waals surface area contributed by atoms with Crippen LogP contribution in [0.25, 0.3) is 5.65 Å². The molecule has 0 bridgehead atoms. The van der Waals surface area contributed by atoms with Crippen LogP contribution in [-0.4, -0.2) is 26.7 Å². The monoisotopic (exact) mass is 346 g/mol. The first-order valence-electron chi connectivity index (χ1n) is 8.17. The molecule has 0 saturated carbocycles. The van der Waals surface area contributed by atoms with E-state index in [2.05, 4.69) is 32.2 Å². The van der Waals surface area contributed by atoms with Crippen LogP contribution in [0.2, 0.25) is 0 Å². The van der Waals surface area contributed by atoms with E-state index in [4.69, 9.17) is 10.5 Å². The van der Waals surface area contributed by atoms with Crippen LogP contribution in [0.3, 0.4) is 0 Å². The highest BCUT2D eigenvalue weighted by Crippen LogP contribution is 2.30. The molecular weight excluding hydrogens is 328 g/mol. The number of methoxy groups -OCH3 is 1. The van der Waals surface area contributed by atoms with Crippen LogP contribution < -0.4 is 15.4 Å². The molecule has 0 aliphatic heterocycles. The molecule has 4 aromatic rings. The average molecular weight is 346 g/mol. The number of benzene rings is 2. The summed E-state index contributed by atoms with van der Waals surface area (Å²) in [6.45, 7) is 0.632. The van der Waals surface area contributed by atoms with Gasteiger partial charge in [0.15, 0.2) is 5.82 Å². The lowest BCUT2D eigenvalue weighted by atomic mass is 10.2. The van der Waals surface area contributed by atoms with E-state index in [1.54, 1.807) is 23.9 Å². The minimum Gasteiger partial charge on any atom is -0.497 e. The van der Waals surface area contributed by atoms with Crippen LogP contribution in [0, 0.1) is 0 Å². The lowest BCUT2D eigenvalue weighted by Crippen LogP contribution is -2.19. The Labute approximate surface area is 150 Å². The van der Waals surface area contributed by atoms with Gasteiger partial charge in [-0.15, -0.1) is 10.2 Å². The molecule has 26 heavy (non-hydrogen) atoms. The Balaban J connectivity index is 1.83. The molecule has 0 amide bonds. The van der Waals surface area contributed by atoms with Crippen molar-refractivity contribution in [3.8, 4) is 5.75 Å². The number of hydrogen-bond donors (Lipinski definition) is 1. The summed E-state index contributed by atoms with van der Waals surface area (Å²) in [5.74, 6) is 1.81. The van der Waals surface area contributed by atoms with E-state index >= 15 is 0 Å². The van der Waals surface area contributed by atoms with Crippen molar-refractivity contribution in [1.82, 2.24) is 19.6 Å². The lowest BCUT2D eigenvalue weighted by Gasteiger charge is -2.24. The molecule has 0 spiro atoms. The van der Waals surface area contributed by atoms with Gasteiger partial charge in [0.1, 0.15) is 5.75 Å². The zero-order valence-corrected chi connectivity index (χ0v) is 14.3. The second-order valence-electron chi connectivity index (χ2n) is 5.77. The number of ether oxygens (including phenoxy) is 1. The zero-order valence-electron chi connectivity index (χ0n) is 14.3. The van der Waals surface area contributed by atoms with Crippen LogP contribution >= 0.6 is 0 Å². The summed E-state index contributed by atoms with van der Waals surface area (Å²) in [4.78, 5) is 6.63. The quantitative estimate of drug-likeness (QED) is 0.598. The number of nitrogens with zero attached hydrogens (tertiary/aromatic N) is 5. The summed E-state index contributed by atoms with van der Waals surface area (Å²) in [5, 5.41) is 8.17. The van der Waals surface area contributed by atoms with E-state index in [0.717, 1.165) is 17.0 Å². The number of aromatic nitrogens is 4. The van der Waals surface area contributed by atoms with E-state index in [9.17, 15) is 0 Å². The van der Waals surface area contributed by atoms with E-state index in [1.807, 2.05) is 42.5 Å². The molecular formula is C19H18N6O. The SMILES string of the molecule is COc1ccc(N(Cc2ccccc2)c2nccn3c(N)nnc23)cc1. The predicted octanol–water partition coefficient (Wildman–Crippen LogP) is 3.05. The second-order valence-corrected chi connectivity index (χ2v) is 5.77. The predicted molar refractivity (Wildman–Crippen MR) is 100 cm³/mol. The molecule has 0 unspecified atom stereocenters. The first-order chi connectivity index (χ1) is 12.8. The van der Waals surface area contributed by atoms with Crippen molar-refractivity contribution in [3.05, 3.63) is 72.6 Å². The maximum absolute atomic E-state index is 5.90. The Hall–Kier alpha value is -3.61. The molecule has 0 aliphatic rings. The summed E-state index contributed by atoms with van der Waals surface area (Å²) in [5.41, 5.74) is 8.63. The van der Waals surface area contributed by atoms with E-state index < -0.39 is 0 Å². The van der Waals surface area contributed by atoms with Gasteiger partial charge in [-0.2, -0.15) is 0 Å². The molecule has 0 saturated heterocycles. The molecule has 0 fully saturated rings. The summed E-state index contributed by atoms with van der Waals surface area (Å²) in [6, 6.07) is 18.0. The molecule has 7 heteroatoms. The third-order valence-corrected chi connectivity index (χ3v) is 4.16. The summed E-state index contributed by atoms with van der Waals surface area (Å²) < 4.78 is 7.00. The standard InChI is InChI=1S/C19H18N6O/c1-26-16-9-7-15(8-10-16)25(13-14-5-3-2-4-6-14)17-18-22-23-19(20)24(18)12-11-21-17/h2-12H,13H2,1H3,(H2,20,23). The molecule has 2 aromatic heterocycles. The molecule has 2 heterocycles. The number of nitrogen functional groups attached to an aromatic ring is 1. The molecule has 0 atom stereocenters. The first-order valence-corrected chi connectivity index (χ1v) is 8.17. The van der Waals surface area contributed by atoms with Crippen molar-refractivity contribution in [2.75, 3.05) is 17.7 Å². The number of rotatable bonds is 5. The summed E-state index contributed by atoms with van der Waals surface area (Å²) in [7, 11) is 1.65. The van der Waals surface area contributed by atoms with Crippen LogP contribution in [0.5, 0.6) is 5.75 Å². The Morgan fingerprint density at radius 3 is 2.54 bits per heavy atom. The Morgan fingerprint density at radius 1 is 1.04 bits per heavy atom. The highest BCUT2D eigenvalue weighted by molar-refractivity contribution is 5.73. The molecule has 2 N–H and O–H groups in total. The van der Waals surface area contributed by atoms with Crippen molar-refractivity contribution < 1.29 is 4.74 Å². The van der Waals surface area contributed by atoms with Crippen molar-refractivity contribution in [2.45, 2.75) is 6.54 Å². The van der Waals surface area contributed by atoms with Gasteiger partial charge in [-0.25, -0.2) is 4.98 Å². The van der Waals surface area contributed by atoms with E-state index in [-0.39, 0.29) is 0 Å². The van der Waals surface area contributed by atoms with Crippen molar-refractivity contribution in [1.29, 1.82) is 0 Å². The smallest absolute Gasteiger partial charge is 0.226 e. The van der Waals surface area contributed by atoms with Gasteiger partial charge in [0, 0.05) is 24.6 Å². The minimum absolute atomic E-state index is 0.332. The van der Waals surface area contributed by atoms with E-state index in [1.165, 1.54) is 0 Å². The molecule has 4 rings (SSSR count). The largest absolute Gasteiger partial charge is 0.497 e. The number of anilines is 3. The second kappa shape index (κ2) is 6.72. The molecule has 7 nitrogen and oxygen atoms in total. The fraction of sp³-hybridized carbons (Fsp3) is 0.105. The van der Waals surface area contributed by atoms with Gasteiger partial charge >= 0.3 is 0 Å². The Bertz CT molecular complexity index is 1010. The third-order valence-electron chi connectivity index (χ3n) is 4.16. The van der Waals surface area contributed by atoms with Gasteiger partial charge in [0.25, 0.3) is 0 Å². The van der Waals surface area contributed by atoms with Gasteiger partial charge in [-0.05, 0) is 29.8 Å². The van der Waals surface area contributed by atoms with Gasteiger partial charge in [0.05, 0.1) is 7.11 Å². The fourth-order valence-electron chi connectivity index (χ4n) is 2.84. The van der Waals surface area contributed by atoms with Crippen LogP contribution in [0.1, 0.15) is 5.56 Å². The third kappa shape index (κ3) is 2.90.